The number of carbonyl (C=O) groups is 2. The van der Waals surface area contributed by atoms with Gasteiger partial charge in [-0.2, -0.15) is 0 Å². The smallest absolute Gasteiger partial charge is 0.339 e. The summed E-state index contributed by atoms with van der Waals surface area (Å²) in [5.41, 5.74) is 0.586. The van der Waals surface area contributed by atoms with Gasteiger partial charge in [-0.15, -0.1) is 0 Å². The number of rotatable bonds is 16. The van der Waals surface area contributed by atoms with E-state index in [9.17, 15) is 9.59 Å². The third-order valence-electron chi connectivity index (χ3n) is 5.54. The van der Waals surface area contributed by atoms with Crippen molar-refractivity contribution < 1.29 is 19.1 Å². The summed E-state index contributed by atoms with van der Waals surface area (Å²) in [7, 11) is 0. The third-order valence-corrected chi connectivity index (χ3v) is 5.54. The molecule has 1 heterocycles. The zero-order chi connectivity index (χ0) is 23.3. The molecule has 0 unspecified atom stereocenters. The zero-order valence-corrected chi connectivity index (χ0v) is 20.5. The second kappa shape index (κ2) is 19.8. The summed E-state index contributed by atoms with van der Waals surface area (Å²) in [6.45, 7) is 7.67. The highest BCUT2D eigenvalue weighted by Crippen LogP contribution is 2.14. The van der Waals surface area contributed by atoms with Crippen molar-refractivity contribution in [1.29, 1.82) is 0 Å². The second-order valence-corrected chi connectivity index (χ2v) is 8.46. The summed E-state index contributed by atoms with van der Waals surface area (Å²) in [6, 6.07) is 6.74. The van der Waals surface area contributed by atoms with Gasteiger partial charge in [-0.3, -0.25) is 0 Å². The van der Waals surface area contributed by atoms with E-state index in [0.29, 0.717) is 24.3 Å². The number of unbranched alkanes of at least 4 members (excludes halogenated alkanes) is 10. The van der Waals surface area contributed by atoms with Crippen molar-refractivity contribution in [3.8, 4) is 0 Å². The van der Waals surface area contributed by atoms with Crippen molar-refractivity contribution in [3.63, 3.8) is 0 Å². The van der Waals surface area contributed by atoms with Crippen LogP contribution in [0.25, 0.3) is 0 Å². The number of carbonyl (C=O) groups excluding carboxylic acids is 2. The van der Waals surface area contributed by atoms with Gasteiger partial charge in [0.2, 0.25) is 0 Å². The molecule has 0 aliphatic carbocycles. The quantitative estimate of drug-likeness (QED) is 0.226. The normalized spacial score (nSPS) is 12.3. The van der Waals surface area contributed by atoms with Crippen LogP contribution in [0.4, 0.5) is 0 Å². The Morgan fingerprint density at radius 3 is 1.38 bits per heavy atom. The molecule has 5 heteroatoms. The van der Waals surface area contributed by atoms with Gasteiger partial charge in [0.1, 0.15) is 0 Å². The first kappa shape index (κ1) is 28.2. The van der Waals surface area contributed by atoms with Crippen molar-refractivity contribution in [2.24, 2.45) is 0 Å². The fourth-order valence-electron chi connectivity index (χ4n) is 3.27. The molecule has 1 fully saturated rings. The van der Waals surface area contributed by atoms with Gasteiger partial charge in [-0.05, 0) is 44.5 Å². The standard InChI is InChI=1S/C24H38O4.C3H7N/c1-3-5-7-9-11-15-19-27-23(25)21-17-13-14-18-22(21)24(26)28-20-16-12-10-8-6-4-2;1-2-4-3-1/h13-14,17-18H,3-12,15-16,19-20H2,1-2H3;4H,1-3H2. The van der Waals surface area contributed by atoms with Crippen LogP contribution >= 0.6 is 0 Å². The fourth-order valence-corrected chi connectivity index (χ4v) is 3.27. The molecule has 1 N–H and O–H groups in total. The summed E-state index contributed by atoms with van der Waals surface area (Å²) < 4.78 is 10.7. The van der Waals surface area contributed by atoms with E-state index >= 15 is 0 Å². The molecule has 0 bridgehead atoms. The van der Waals surface area contributed by atoms with Crippen LogP contribution in [0.1, 0.15) is 118 Å². The Kier molecular flexibility index (Phi) is 17.4. The molecule has 0 spiro atoms. The van der Waals surface area contributed by atoms with Crippen LogP contribution in [0, 0.1) is 0 Å². The molecule has 1 aromatic rings. The summed E-state index contributed by atoms with van der Waals surface area (Å²) in [6.07, 6.45) is 15.0. The molecule has 0 atom stereocenters. The summed E-state index contributed by atoms with van der Waals surface area (Å²) in [5.74, 6) is -0.888. The molecular formula is C27H45NO4. The molecule has 182 valence electrons. The molecule has 5 nitrogen and oxygen atoms in total. The Hall–Kier alpha value is -1.88. The predicted molar refractivity (Wildman–Crippen MR) is 131 cm³/mol. The van der Waals surface area contributed by atoms with Crippen LogP contribution in [0.3, 0.4) is 0 Å². The minimum atomic E-state index is -0.444. The third kappa shape index (κ3) is 13.5. The summed E-state index contributed by atoms with van der Waals surface area (Å²) in [4.78, 5) is 24.7. The average Bonchev–Trinajstić information content (AvgIpc) is 2.76. The Labute approximate surface area is 195 Å². The molecule has 1 aliphatic rings. The summed E-state index contributed by atoms with van der Waals surface area (Å²) in [5, 5.41) is 3.11. The number of benzene rings is 1. The molecular weight excluding hydrogens is 402 g/mol. The first-order valence-corrected chi connectivity index (χ1v) is 12.8. The van der Waals surface area contributed by atoms with Crippen LogP contribution in [0.5, 0.6) is 0 Å². The van der Waals surface area contributed by atoms with E-state index in [-0.39, 0.29) is 0 Å². The van der Waals surface area contributed by atoms with Crippen molar-refractivity contribution in [2.75, 3.05) is 26.3 Å². The van der Waals surface area contributed by atoms with Crippen molar-refractivity contribution in [1.82, 2.24) is 5.32 Å². The van der Waals surface area contributed by atoms with Crippen LogP contribution in [-0.4, -0.2) is 38.2 Å². The minimum Gasteiger partial charge on any atom is -0.462 e. The maximum atomic E-state index is 12.4. The zero-order valence-electron chi connectivity index (χ0n) is 20.5. The maximum Gasteiger partial charge on any atom is 0.339 e. The van der Waals surface area contributed by atoms with Gasteiger partial charge < -0.3 is 14.8 Å². The highest BCUT2D eigenvalue weighted by molar-refractivity contribution is 6.03. The fraction of sp³-hybridized carbons (Fsp3) is 0.704. The van der Waals surface area contributed by atoms with Gasteiger partial charge in [-0.1, -0.05) is 90.2 Å². The number of nitrogens with one attached hydrogen (secondary N) is 1. The van der Waals surface area contributed by atoms with E-state index in [1.54, 1.807) is 24.3 Å². The largest absolute Gasteiger partial charge is 0.462 e. The van der Waals surface area contributed by atoms with E-state index in [0.717, 1.165) is 25.7 Å². The van der Waals surface area contributed by atoms with Crippen LogP contribution in [0.2, 0.25) is 0 Å². The molecule has 1 aromatic carbocycles. The highest BCUT2D eigenvalue weighted by atomic mass is 16.5. The molecule has 0 aromatic heterocycles. The van der Waals surface area contributed by atoms with Crippen molar-refractivity contribution in [2.45, 2.75) is 97.3 Å². The van der Waals surface area contributed by atoms with E-state index in [1.165, 1.54) is 70.9 Å². The number of ether oxygens (including phenoxy) is 2. The SMILES string of the molecule is C1CNC1.CCCCCCCCOC(=O)c1ccccc1C(=O)OCCCCCCCC. The molecule has 2 rings (SSSR count). The van der Waals surface area contributed by atoms with E-state index < -0.39 is 11.9 Å². The monoisotopic (exact) mass is 447 g/mol. The topological polar surface area (TPSA) is 64.6 Å². The van der Waals surface area contributed by atoms with E-state index in [4.69, 9.17) is 9.47 Å². The van der Waals surface area contributed by atoms with Gasteiger partial charge in [0.15, 0.2) is 0 Å². The van der Waals surface area contributed by atoms with E-state index in [2.05, 4.69) is 19.2 Å². The maximum absolute atomic E-state index is 12.4. The summed E-state index contributed by atoms with van der Waals surface area (Å²) >= 11 is 0. The molecule has 0 saturated carbocycles. The Balaban J connectivity index is 0.00000114. The lowest BCUT2D eigenvalue weighted by Crippen LogP contribution is -2.29. The Morgan fingerprint density at radius 2 is 1.03 bits per heavy atom. The van der Waals surface area contributed by atoms with Crippen molar-refractivity contribution >= 4 is 11.9 Å². The number of hydrogen-bond acceptors (Lipinski definition) is 5. The van der Waals surface area contributed by atoms with Crippen molar-refractivity contribution in [3.05, 3.63) is 35.4 Å². The number of esters is 2. The lowest BCUT2D eigenvalue weighted by Gasteiger charge is -2.10. The lowest BCUT2D eigenvalue weighted by atomic mass is 10.1. The van der Waals surface area contributed by atoms with Gasteiger partial charge in [0.25, 0.3) is 0 Å². The van der Waals surface area contributed by atoms with Crippen LogP contribution in [-0.2, 0) is 9.47 Å². The molecule has 32 heavy (non-hydrogen) atoms. The predicted octanol–water partition coefficient (Wildman–Crippen LogP) is 6.70. The van der Waals surface area contributed by atoms with Gasteiger partial charge in [-0.25, -0.2) is 9.59 Å². The molecule has 1 aliphatic heterocycles. The Morgan fingerprint density at radius 1 is 0.688 bits per heavy atom. The first-order valence-electron chi connectivity index (χ1n) is 12.8. The molecule has 0 radical (unpaired) electrons. The van der Waals surface area contributed by atoms with E-state index in [1.807, 2.05) is 0 Å². The first-order chi connectivity index (χ1) is 15.7. The van der Waals surface area contributed by atoms with Gasteiger partial charge in [0, 0.05) is 0 Å². The van der Waals surface area contributed by atoms with Crippen LogP contribution in [0.15, 0.2) is 24.3 Å². The second-order valence-electron chi connectivity index (χ2n) is 8.46. The molecule has 0 amide bonds. The minimum absolute atomic E-state index is 0.293. The molecule has 1 saturated heterocycles. The van der Waals surface area contributed by atoms with Gasteiger partial charge >= 0.3 is 11.9 Å². The average molecular weight is 448 g/mol. The van der Waals surface area contributed by atoms with Crippen LogP contribution < -0.4 is 5.32 Å². The Bertz CT molecular complexity index is 560. The lowest BCUT2D eigenvalue weighted by molar-refractivity contribution is 0.0450. The number of hydrogen-bond donors (Lipinski definition) is 1. The van der Waals surface area contributed by atoms with Gasteiger partial charge in [0.05, 0.1) is 24.3 Å². The highest BCUT2D eigenvalue weighted by Gasteiger charge is 2.18.